The van der Waals surface area contributed by atoms with E-state index < -0.39 is 0 Å². The van der Waals surface area contributed by atoms with E-state index in [1.54, 1.807) is 0 Å². The van der Waals surface area contributed by atoms with Gasteiger partial charge in [-0.05, 0) is 32.2 Å². The molecule has 1 aromatic rings. The lowest BCUT2D eigenvalue weighted by atomic mass is 9.97. The summed E-state index contributed by atoms with van der Waals surface area (Å²) < 4.78 is 0. The van der Waals surface area contributed by atoms with Gasteiger partial charge in [-0.3, -0.25) is 9.59 Å². The Labute approximate surface area is 125 Å². The van der Waals surface area contributed by atoms with Crippen molar-refractivity contribution in [2.45, 2.75) is 39.7 Å². The van der Waals surface area contributed by atoms with Gasteiger partial charge in [0.2, 0.25) is 0 Å². The summed E-state index contributed by atoms with van der Waals surface area (Å²) in [6.45, 7) is 8.45. The highest BCUT2D eigenvalue weighted by molar-refractivity contribution is 5.93. The number of H-pyrrole nitrogens is 1. The smallest absolute Gasteiger partial charge is 0.259 e. The van der Waals surface area contributed by atoms with Crippen molar-refractivity contribution in [2.24, 2.45) is 5.92 Å². The molecule has 0 spiro atoms. The Balaban J connectivity index is 2.03. The van der Waals surface area contributed by atoms with Crippen LogP contribution in [0.3, 0.4) is 0 Å². The number of pyridine rings is 1. The molecule has 0 bridgehead atoms. The van der Waals surface area contributed by atoms with Gasteiger partial charge in [-0.15, -0.1) is 0 Å². The Morgan fingerprint density at radius 3 is 2.95 bits per heavy atom. The van der Waals surface area contributed by atoms with Crippen molar-refractivity contribution in [1.29, 1.82) is 0 Å². The van der Waals surface area contributed by atoms with Gasteiger partial charge < -0.3 is 15.2 Å². The van der Waals surface area contributed by atoms with E-state index in [1.165, 1.54) is 12.3 Å². The van der Waals surface area contributed by atoms with Crippen molar-refractivity contribution < 1.29 is 4.79 Å². The fourth-order valence-corrected chi connectivity index (χ4v) is 2.73. The van der Waals surface area contributed by atoms with Gasteiger partial charge in [-0.2, -0.15) is 0 Å². The molecule has 0 saturated carbocycles. The third-order valence-corrected chi connectivity index (χ3v) is 3.91. The van der Waals surface area contributed by atoms with Crippen LogP contribution in [0.5, 0.6) is 0 Å². The first-order chi connectivity index (χ1) is 9.97. The highest BCUT2D eigenvalue weighted by atomic mass is 16.2. The van der Waals surface area contributed by atoms with Crippen LogP contribution in [0.15, 0.2) is 17.1 Å². The monoisotopic (exact) mass is 291 g/mol. The molecule has 1 atom stereocenters. The Morgan fingerprint density at radius 1 is 1.52 bits per heavy atom. The van der Waals surface area contributed by atoms with Gasteiger partial charge in [0.05, 0.1) is 0 Å². The molecule has 1 unspecified atom stereocenters. The van der Waals surface area contributed by atoms with Crippen molar-refractivity contribution in [3.05, 3.63) is 33.7 Å². The average molecular weight is 291 g/mol. The van der Waals surface area contributed by atoms with E-state index in [9.17, 15) is 9.59 Å². The maximum atomic E-state index is 12.5. The molecular weight excluding hydrogens is 266 g/mol. The molecule has 5 heteroatoms. The fourth-order valence-electron chi connectivity index (χ4n) is 2.73. The van der Waals surface area contributed by atoms with Gasteiger partial charge >= 0.3 is 0 Å². The maximum Gasteiger partial charge on any atom is 0.259 e. The number of carbonyl (C=O) groups excluding carboxylic acids is 1. The Kier molecular flexibility index (Phi) is 5.17. The van der Waals surface area contributed by atoms with Crippen LogP contribution in [0.2, 0.25) is 0 Å². The number of hydrogen-bond donors (Lipinski definition) is 2. The summed E-state index contributed by atoms with van der Waals surface area (Å²) in [7, 11) is 0. The predicted octanol–water partition coefficient (Wildman–Crippen LogP) is 1.53. The van der Waals surface area contributed by atoms with E-state index >= 15 is 0 Å². The summed E-state index contributed by atoms with van der Waals surface area (Å²) in [6.07, 6.45) is 3.67. The normalized spacial score (nSPS) is 19.0. The lowest BCUT2D eigenvalue weighted by Crippen LogP contribution is -2.44. The minimum absolute atomic E-state index is 0.148. The van der Waals surface area contributed by atoms with Crippen LogP contribution < -0.4 is 10.7 Å². The van der Waals surface area contributed by atoms with Crippen molar-refractivity contribution in [3.63, 3.8) is 0 Å². The van der Waals surface area contributed by atoms with Crippen LogP contribution in [0.1, 0.15) is 42.7 Å². The number of aromatic nitrogens is 1. The number of nitrogens with zero attached hydrogens (tertiary/aromatic N) is 1. The van der Waals surface area contributed by atoms with Gasteiger partial charge in [0.15, 0.2) is 5.43 Å². The molecule has 1 fully saturated rings. The molecule has 2 N–H and O–H groups in total. The van der Waals surface area contributed by atoms with E-state index in [0.717, 1.165) is 38.2 Å². The Morgan fingerprint density at radius 2 is 2.29 bits per heavy atom. The standard InChI is InChI=1S/C16H25N3O2/c1-11(2)17-8-13-5-4-6-19(10-13)16(21)14-9-18-12(3)7-15(14)20/h7,9,11,13,17H,4-6,8,10H2,1-3H3,(H,18,20). The first-order valence-electron chi connectivity index (χ1n) is 7.69. The van der Waals surface area contributed by atoms with Crippen LogP contribution in [-0.2, 0) is 0 Å². The van der Waals surface area contributed by atoms with Crippen LogP contribution >= 0.6 is 0 Å². The van der Waals surface area contributed by atoms with E-state index in [-0.39, 0.29) is 16.9 Å². The minimum atomic E-state index is -0.196. The molecule has 2 heterocycles. The van der Waals surface area contributed by atoms with Crippen molar-refractivity contribution >= 4 is 5.91 Å². The minimum Gasteiger partial charge on any atom is -0.364 e. The highest BCUT2D eigenvalue weighted by Crippen LogP contribution is 2.17. The summed E-state index contributed by atoms with van der Waals surface area (Å²) in [6, 6.07) is 1.94. The fraction of sp³-hybridized carbons (Fsp3) is 0.625. The van der Waals surface area contributed by atoms with Gasteiger partial charge in [0.25, 0.3) is 5.91 Å². The second-order valence-electron chi connectivity index (χ2n) is 6.22. The molecule has 116 valence electrons. The molecule has 0 radical (unpaired) electrons. The summed E-state index contributed by atoms with van der Waals surface area (Å²) in [5.74, 6) is 0.320. The summed E-state index contributed by atoms with van der Waals surface area (Å²) in [5.41, 5.74) is 0.825. The van der Waals surface area contributed by atoms with Crippen molar-refractivity contribution in [1.82, 2.24) is 15.2 Å². The zero-order valence-electron chi connectivity index (χ0n) is 13.1. The first-order valence-corrected chi connectivity index (χ1v) is 7.69. The molecule has 0 aromatic carbocycles. The van der Waals surface area contributed by atoms with Crippen LogP contribution in [0, 0.1) is 12.8 Å². The zero-order valence-corrected chi connectivity index (χ0v) is 13.1. The predicted molar refractivity (Wildman–Crippen MR) is 83.6 cm³/mol. The van der Waals surface area contributed by atoms with Crippen LogP contribution in [0.4, 0.5) is 0 Å². The number of aromatic amines is 1. The molecule has 5 nitrogen and oxygen atoms in total. The number of carbonyl (C=O) groups is 1. The second-order valence-corrected chi connectivity index (χ2v) is 6.22. The lowest BCUT2D eigenvalue weighted by molar-refractivity contribution is 0.0670. The topological polar surface area (TPSA) is 65.2 Å². The molecule has 1 aliphatic heterocycles. The molecular formula is C16H25N3O2. The number of aryl methyl sites for hydroxylation is 1. The zero-order chi connectivity index (χ0) is 15.4. The summed E-state index contributed by atoms with van der Waals surface area (Å²) in [5, 5.41) is 3.43. The van der Waals surface area contributed by atoms with E-state index in [4.69, 9.17) is 0 Å². The van der Waals surface area contributed by atoms with Crippen LogP contribution in [-0.4, -0.2) is 41.5 Å². The number of likely N-dealkylation sites (tertiary alicyclic amines) is 1. The van der Waals surface area contributed by atoms with Gasteiger partial charge in [-0.1, -0.05) is 13.8 Å². The Bertz CT molecular complexity index is 551. The quantitative estimate of drug-likeness (QED) is 0.884. The number of rotatable bonds is 4. The largest absolute Gasteiger partial charge is 0.364 e. The van der Waals surface area contributed by atoms with Gasteiger partial charge in [0, 0.05) is 37.1 Å². The Hall–Kier alpha value is -1.62. The molecule has 1 saturated heterocycles. The van der Waals surface area contributed by atoms with Crippen molar-refractivity contribution in [2.75, 3.05) is 19.6 Å². The molecule has 2 rings (SSSR count). The third-order valence-electron chi connectivity index (χ3n) is 3.91. The first kappa shape index (κ1) is 15.8. The van der Waals surface area contributed by atoms with Gasteiger partial charge in [0.1, 0.15) is 5.56 Å². The number of hydrogen-bond acceptors (Lipinski definition) is 3. The molecule has 1 amide bonds. The average Bonchev–Trinajstić information content (AvgIpc) is 2.45. The van der Waals surface area contributed by atoms with Crippen LogP contribution in [0.25, 0.3) is 0 Å². The molecule has 0 aliphatic carbocycles. The molecule has 1 aromatic heterocycles. The molecule has 1 aliphatic rings. The van der Waals surface area contributed by atoms with E-state index in [2.05, 4.69) is 24.1 Å². The number of piperidine rings is 1. The SMILES string of the molecule is Cc1cc(=O)c(C(=O)N2CCCC(CNC(C)C)C2)c[nH]1. The maximum absolute atomic E-state index is 12.5. The van der Waals surface area contributed by atoms with E-state index in [0.29, 0.717) is 12.0 Å². The number of nitrogens with one attached hydrogen (secondary N) is 2. The van der Waals surface area contributed by atoms with Crippen molar-refractivity contribution in [3.8, 4) is 0 Å². The van der Waals surface area contributed by atoms with E-state index in [1.807, 2.05) is 11.8 Å². The molecule has 21 heavy (non-hydrogen) atoms. The summed E-state index contributed by atoms with van der Waals surface area (Å²) in [4.78, 5) is 29.2. The second kappa shape index (κ2) is 6.89. The third kappa shape index (κ3) is 4.17. The lowest BCUT2D eigenvalue weighted by Gasteiger charge is -2.33. The number of amides is 1. The highest BCUT2D eigenvalue weighted by Gasteiger charge is 2.25. The summed E-state index contributed by atoms with van der Waals surface area (Å²) >= 11 is 0. The van der Waals surface area contributed by atoms with Gasteiger partial charge in [-0.25, -0.2) is 0 Å².